The lowest BCUT2D eigenvalue weighted by Gasteiger charge is -2.10. The summed E-state index contributed by atoms with van der Waals surface area (Å²) in [6.07, 6.45) is 6.08. The first-order chi connectivity index (χ1) is 14.8. The molecular weight excluding hydrogens is 450 g/mol. The molecule has 2 heterocycles. The Hall–Kier alpha value is -1.42. The Morgan fingerprint density at radius 2 is 0.903 bits per heavy atom. The van der Waals surface area contributed by atoms with E-state index in [1.54, 1.807) is 0 Å². The lowest BCUT2D eigenvalue weighted by molar-refractivity contribution is 0.269. The molecule has 0 aliphatic rings. The Labute approximate surface area is 181 Å². The standard InChI is InChI=1S/C17H30N4O8P2/c1-24-30(22,25-2)12-16-20-18-14(28-16)10-8-6-5-7-9-11-15-19-21-17(29-15)13-31(23,26-3)27-4/h5-13H2,1-4H3. The van der Waals surface area contributed by atoms with Crippen LogP contribution in [0.1, 0.15) is 55.7 Å². The van der Waals surface area contributed by atoms with Gasteiger partial charge in [-0.15, -0.1) is 20.4 Å². The molecule has 0 saturated heterocycles. The summed E-state index contributed by atoms with van der Waals surface area (Å²) in [6, 6.07) is 0. The van der Waals surface area contributed by atoms with Crippen LogP contribution in [-0.4, -0.2) is 48.8 Å². The number of rotatable bonds is 16. The van der Waals surface area contributed by atoms with E-state index in [4.69, 9.17) is 26.9 Å². The normalized spacial score (nSPS) is 12.5. The highest BCUT2D eigenvalue weighted by molar-refractivity contribution is 7.53. The first kappa shape index (κ1) is 25.8. The molecule has 2 rings (SSSR count). The highest BCUT2D eigenvalue weighted by Gasteiger charge is 2.26. The summed E-state index contributed by atoms with van der Waals surface area (Å²) in [4.78, 5) is 0. The topological polar surface area (TPSA) is 149 Å². The Kier molecular flexibility index (Phi) is 10.5. The summed E-state index contributed by atoms with van der Waals surface area (Å²) in [6.45, 7) is 0. The van der Waals surface area contributed by atoms with Crippen molar-refractivity contribution in [2.75, 3.05) is 28.4 Å². The smallest absolute Gasteiger partial charge is 0.339 e. The first-order valence-corrected chi connectivity index (χ1v) is 13.3. The lowest BCUT2D eigenvalue weighted by atomic mass is 10.1. The molecule has 0 spiro atoms. The van der Waals surface area contributed by atoms with Crippen LogP contribution < -0.4 is 0 Å². The molecule has 0 fully saturated rings. The maximum Gasteiger partial charge on any atom is 0.339 e. The van der Waals surface area contributed by atoms with Crippen molar-refractivity contribution in [2.45, 2.75) is 57.3 Å². The quantitative estimate of drug-likeness (QED) is 0.251. The number of aromatic nitrogens is 4. The fourth-order valence-electron chi connectivity index (χ4n) is 2.73. The van der Waals surface area contributed by atoms with E-state index in [1.807, 2.05) is 0 Å². The van der Waals surface area contributed by atoms with E-state index < -0.39 is 15.2 Å². The molecule has 0 aliphatic carbocycles. The Bertz CT molecular complexity index is 801. The molecule has 31 heavy (non-hydrogen) atoms. The van der Waals surface area contributed by atoms with Gasteiger partial charge in [-0.05, 0) is 12.8 Å². The maximum absolute atomic E-state index is 12.1. The van der Waals surface area contributed by atoms with E-state index >= 15 is 0 Å². The van der Waals surface area contributed by atoms with E-state index in [1.165, 1.54) is 28.4 Å². The third-order valence-corrected chi connectivity index (χ3v) is 8.11. The molecule has 0 aliphatic heterocycles. The van der Waals surface area contributed by atoms with Crippen LogP contribution in [0.15, 0.2) is 8.83 Å². The van der Waals surface area contributed by atoms with Crippen molar-refractivity contribution in [3.05, 3.63) is 23.6 Å². The van der Waals surface area contributed by atoms with Gasteiger partial charge >= 0.3 is 15.2 Å². The lowest BCUT2D eigenvalue weighted by Crippen LogP contribution is -1.93. The van der Waals surface area contributed by atoms with Crippen LogP contribution in [0.3, 0.4) is 0 Å². The third-order valence-electron chi connectivity index (χ3n) is 4.57. The third kappa shape index (κ3) is 8.56. The molecule has 12 nitrogen and oxygen atoms in total. The molecule has 0 atom stereocenters. The predicted octanol–water partition coefficient (Wildman–Crippen LogP) is 4.16. The van der Waals surface area contributed by atoms with Gasteiger partial charge < -0.3 is 26.9 Å². The van der Waals surface area contributed by atoms with Gasteiger partial charge in [0.25, 0.3) is 0 Å². The molecule has 14 heteroatoms. The minimum atomic E-state index is -3.21. The minimum Gasteiger partial charge on any atom is -0.425 e. The average Bonchev–Trinajstić information content (AvgIpc) is 3.41. The minimum absolute atomic E-state index is 0.0428. The summed E-state index contributed by atoms with van der Waals surface area (Å²) < 4.78 is 54.6. The van der Waals surface area contributed by atoms with E-state index in [-0.39, 0.29) is 24.1 Å². The molecule has 0 unspecified atom stereocenters. The average molecular weight is 480 g/mol. The summed E-state index contributed by atoms with van der Waals surface area (Å²) in [5.74, 6) is 1.51. The van der Waals surface area contributed by atoms with Crippen molar-refractivity contribution in [1.82, 2.24) is 20.4 Å². The highest BCUT2D eigenvalue weighted by atomic mass is 31.2. The zero-order valence-electron chi connectivity index (χ0n) is 18.3. The van der Waals surface area contributed by atoms with Gasteiger partial charge in [-0.3, -0.25) is 9.13 Å². The number of hydrogen-bond donors (Lipinski definition) is 0. The van der Waals surface area contributed by atoms with Gasteiger partial charge in [-0.2, -0.15) is 0 Å². The van der Waals surface area contributed by atoms with Gasteiger partial charge in [-0.1, -0.05) is 19.3 Å². The second-order valence-corrected chi connectivity index (χ2v) is 11.3. The summed E-state index contributed by atoms with van der Waals surface area (Å²) in [7, 11) is -1.15. The summed E-state index contributed by atoms with van der Waals surface area (Å²) in [5.41, 5.74) is 0. The molecule has 2 aromatic heterocycles. The molecule has 176 valence electrons. The predicted molar refractivity (Wildman–Crippen MR) is 110 cm³/mol. The summed E-state index contributed by atoms with van der Waals surface area (Å²) in [5, 5.41) is 15.7. The van der Waals surface area contributed by atoms with E-state index in [9.17, 15) is 9.13 Å². The van der Waals surface area contributed by atoms with Crippen LogP contribution in [0.4, 0.5) is 0 Å². The van der Waals surface area contributed by atoms with Gasteiger partial charge in [0, 0.05) is 41.3 Å². The van der Waals surface area contributed by atoms with Crippen LogP contribution in [0.25, 0.3) is 0 Å². The van der Waals surface area contributed by atoms with Crippen molar-refractivity contribution in [3.8, 4) is 0 Å². The number of aryl methyl sites for hydroxylation is 2. The van der Waals surface area contributed by atoms with Crippen LogP contribution in [0.5, 0.6) is 0 Å². The second-order valence-electron chi connectivity index (χ2n) is 6.72. The first-order valence-electron chi connectivity index (χ1n) is 9.89. The van der Waals surface area contributed by atoms with Gasteiger partial charge in [-0.25, -0.2) is 0 Å². The SMILES string of the molecule is COP(=O)(Cc1nnc(CCCCCCCc2nnc(CP(=O)(OC)OC)o2)o1)OC. The second kappa shape index (κ2) is 12.6. The number of unbranched alkanes of at least 4 members (excludes halogenated alkanes) is 4. The van der Waals surface area contributed by atoms with Crippen molar-refractivity contribution in [1.29, 1.82) is 0 Å². The Morgan fingerprint density at radius 3 is 1.26 bits per heavy atom. The van der Waals surface area contributed by atoms with Gasteiger partial charge in [0.05, 0.1) is 0 Å². The fourth-order valence-corrected chi connectivity index (χ4v) is 4.46. The largest absolute Gasteiger partial charge is 0.425 e. The van der Waals surface area contributed by atoms with Gasteiger partial charge in [0.2, 0.25) is 23.6 Å². The highest BCUT2D eigenvalue weighted by Crippen LogP contribution is 2.50. The monoisotopic (exact) mass is 480 g/mol. The van der Waals surface area contributed by atoms with Crippen LogP contribution >= 0.6 is 15.2 Å². The van der Waals surface area contributed by atoms with Crippen LogP contribution in [0, 0.1) is 0 Å². The van der Waals surface area contributed by atoms with E-state index in [0.717, 1.165) is 32.1 Å². The van der Waals surface area contributed by atoms with E-state index in [0.29, 0.717) is 24.6 Å². The van der Waals surface area contributed by atoms with Gasteiger partial charge in [0.1, 0.15) is 12.3 Å². The molecule has 0 saturated carbocycles. The number of nitrogens with zero attached hydrogens (tertiary/aromatic N) is 4. The molecule has 2 aromatic rings. The maximum atomic E-state index is 12.1. The van der Waals surface area contributed by atoms with E-state index in [2.05, 4.69) is 20.4 Å². The van der Waals surface area contributed by atoms with Crippen molar-refractivity contribution < 1.29 is 36.1 Å². The molecule has 0 bridgehead atoms. The van der Waals surface area contributed by atoms with Crippen molar-refractivity contribution in [3.63, 3.8) is 0 Å². The zero-order valence-corrected chi connectivity index (χ0v) is 20.1. The Balaban J connectivity index is 1.60. The van der Waals surface area contributed by atoms with Crippen LogP contribution in [-0.2, 0) is 52.4 Å². The zero-order chi connectivity index (χ0) is 22.7. The van der Waals surface area contributed by atoms with Gasteiger partial charge in [0.15, 0.2) is 0 Å². The summed E-state index contributed by atoms with van der Waals surface area (Å²) >= 11 is 0. The fraction of sp³-hybridized carbons (Fsp3) is 0.765. The number of hydrogen-bond acceptors (Lipinski definition) is 12. The Morgan fingerprint density at radius 1 is 0.581 bits per heavy atom. The van der Waals surface area contributed by atoms with Crippen molar-refractivity contribution >= 4 is 15.2 Å². The van der Waals surface area contributed by atoms with Crippen LogP contribution in [0.2, 0.25) is 0 Å². The molecule has 0 aromatic carbocycles. The molecule has 0 radical (unpaired) electrons. The molecule has 0 N–H and O–H groups in total. The van der Waals surface area contributed by atoms with Crippen molar-refractivity contribution in [2.24, 2.45) is 0 Å². The molecule has 0 amide bonds. The molecular formula is C17H30N4O8P2.